The molecule has 0 fully saturated rings. The Kier molecular flexibility index (Phi) is 4.53. The second-order valence-electron chi connectivity index (χ2n) is 4.41. The van der Waals surface area contributed by atoms with Gasteiger partial charge in [0, 0.05) is 18.9 Å². The van der Waals surface area contributed by atoms with Gasteiger partial charge in [-0.15, -0.1) is 0 Å². The number of Topliss-reactive ketones (excluding diaryl/α,β-unsaturated/α-hetero) is 1. The average molecular weight is 256 g/mol. The van der Waals surface area contributed by atoms with Crippen molar-refractivity contribution >= 4 is 11.8 Å². The van der Waals surface area contributed by atoms with Gasteiger partial charge in [0.25, 0.3) is 0 Å². The summed E-state index contributed by atoms with van der Waals surface area (Å²) in [4.78, 5) is 22.2. The third-order valence-electron chi connectivity index (χ3n) is 2.61. The number of halogens is 2. The first-order valence-electron chi connectivity index (χ1n) is 5.52. The number of carbonyl (C=O) groups excluding carboxylic acids is 1. The summed E-state index contributed by atoms with van der Waals surface area (Å²) in [5.74, 6) is -3.52. The van der Waals surface area contributed by atoms with Gasteiger partial charge in [0.05, 0.1) is 5.56 Å². The van der Waals surface area contributed by atoms with Gasteiger partial charge >= 0.3 is 5.97 Å². The van der Waals surface area contributed by atoms with E-state index in [0.29, 0.717) is 6.07 Å². The van der Waals surface area contributed by atoms with Crippen LogP contribution in [0.4, 0.5) is 8.78 Å². The van der Waals surface area contributed by atoms with Crippen molar-refractivity contribution in [2.24, 2.45) is 5.92 Å². The number of aliphatic carboxylic acids is 1. The first-order chi connectivity index (χ1) is 8.31. The van der Waals surface area contributed by atoms with Gasteiger partial charge in [-0.25, -0.2) is 8.78 Å². The highest BCUT2D eigenvalue weighted by molar-refractivity contribution is 5.96. The number of hydrogen-bond acceptors (Lipinski definition) is 2. The third kappa shape index (κ3) is 3.61. The average Bonchev–Trinajstić information content (AvgIpc) is 2.21. The monoisotopic (exact) mass is 256 g/mol. The van der Waals surface area contributed by atoms with Crippen molar-refractivity contribution in [1.29, 1.82) is 0 Å². The second kappa shape index (κ2) is 5.71. The minimum absolute atomic E-state index is 0.0751. The summed E-state index contributed by atoms with van der Waals surface area (Å²) in [6.45, 7) is 3.03. The summed E-state index contributed by atoms with van der Waals surface area (Å²) in [6.07, 6.45) is -0.234. The smallest absolute Gasteiger partial charge is 0.303 e. The van der Waals surface area contributed by atoms with E-state index in [1.807, 2.05) is 0 Å². The Balaban J connectivity index is 2.85. The van der Waals surface area contributed by atoms with Crippen molar-refractivity contribution < 1.29 is 23.5 Å². The van der Waals surface area contributed by atoms with Crippen molar-refractivity contribution in [3.05, 3.63) is 34.9 Å². The first kappa shape index (κ1) is 14.3. The highest BCUT2D eigenvalue weighted by atomic mass is 19.1. The van der Waals surface area contributed by atoms with E-state index in [2.05, 4.69) is 0 Å². The molecule has 3 nitrogen and oxygen atoms in total. The van der Waals surface area contributed by atoms with Crippen LogP contribution in [0.3, 0.4) is 0 Å². The predicted octanol–water partition coefficient (Wildman–Crippen LogP) is 2.96. The number of rotatable bonds is 5. The molecule has 1 atom stereocenters. The highest BCUT2D eigenvalue weighted by Crippen LogP contribution is 2.19. The van der Waals surface area contributed by atoms with E-state index in [1.165, 1.54) is 6.92 Å². The van der Waals surface area contributed by atoms with Crippen molar-refractivity contribution in [2.45, 2.75) is 26.7 Å². The molecule has 1 aromatic rings. The van der Waals surface area contributed by atoms with Crippen molar-refractivity contribution in [3.8, 4) is 0 Å². The number of ketones is 1. The minimum atomic E-state index is -1.01. The molecule has 0 aliphatic heterocycles. The fraction of sp³-hybridized carbons (Fsp3) is 0.385. The van der Waals surface area contributed by atoms with Crippen LogP contribution in [-0.4, -0.2) is 16.9 Å². The van der Waals surface area contributed by atoms with Gasteiger partial charge in [-0.1, -0.05) is 6.92 Å². The molecule has 0 saturated carbocycles. The topological polar surface area (TPSA) is 54.4 Å². The van der Waals surface area contributed by atoms with Crippen LogP contribution in [0.15, 0.2) is 12.1 Å². The quantitative estimate of drug-likeness (QED) is 0.824. The SMILES string of the molecule is Cc1cc(C(=O)CC(C)CC(=O)O)c(F)cc1F. The summed E-state index contributed by atoms with van der Waals surface area (Å²) in [5, 5.41) is 8.57. The van der Waals surface area contributed by atoms with Gasteiger partial charge < -0.3 is 5.11 Å². The molecule has 18 heavy (non-hydrogen) atoms. The van der Waals surface area contributed by atoms with Crippen LogP contribution in [0.25, 0.3) is 0 Å². The van der Waals surface area contributed by atoms with Crippen molar-refractivity contribution in [3.63, 3.8) is 0 Å². The number of hydrogen-bond donors (Lipinski definition) is 1. The van der Waals surface area contributed by atoms with Gasteiger partial charge in [-0.05, 0) is 24.5 Å². The maximum atomic E-state index is 13.4. The lowest BCUT2D eigenvalue weighted by Gasteiger charge is -2.09. The molecule has 98 valence electrons. The van der Waals surface area contributed by atoms with Gasteiger partial charge in [0.15, 0.2) is 5.78 Å². The van der Waals surface area contributed by atoms with Crippen LogP contribution in [0.1, 0.15) is 35.7 Å². The predicted molar refractivity (Wildman–Crippen MR) is 61.5 cm³/mol. The fourth-order valence-electron chi connectivity index (χ4n) is 1.67. The molecule has 1 rings (SSSR count). The summed E-state index contributed by atoms with van der Waals surface area (Å²) < 4.78 is 26.4. The zero-order valence-corrected chi connectivity index (χ0v) is 10.2. The molecule has 0 spiro atoms. The van der Waals surface area contributed by atoms with Crippen LogP contribution in [0, 0.1) is 24.5 Å². The van der Waals surface area contributed by atoms with Gasteiger partial charge in [-0.3, -0.25) is 9.59 Å². The molecule has 1 aromatic carbocycles. The van der Waals surface area contributed by atoms with E-state index in [-0.39, 0.29) is 29.9 Å². The molecule has 1 unspecified atom stereocenters. The van der Waals surface area contributed by atoms with E-state index in [1.54, 1.807) is 6.92 Å². The van der Waals surface area contributed by atoms with Gasteiger partial charge in [0.1, 0.15) is 11.6 Å². The summed E-state index contributed by atoms with van der Waals surface area (Å²) in [6, 6.07) is 1.82. The van der Waals surface area contributed by atoms with Crippen LogP contribution in [0.2, 0.25) is 0 Å². The maximum absolute atomic E-state index is 13.4. The largest absolute Gasteiger partial charge is 0.481 e. The lowest BCUT2D eigenvalue weighted by atomic mass is 9.96. The Hall–Kier alpha value is -1.78. The van der Waals surface area contributed by atoms with Crippen molar-refractivity contribution in [2.75, 3.05) is 0 Å². The maximum Gasteiger partial charge on any atom is 0.303 e. The number of benzene rings is 1. The van der Waals surface area contributed by atoms with Crippen LogP contribution in [-0.2, 0) is 4.79 Å². The second-order valence-corrected chi connectivity index (χ2v) is 4.41. The molecule has 5 heteroatoms. The Morgan fingerprint density at radius 2 is 1.83 bits per heavy atom. The number of aryl methyl sites for hydroxylation is 1. The van der Waals surface area contributed by atoms with E-state index >= 15 is 0 Å². The van der Waals surface area contributed by atoms with E-state index in [0.717, 1.165) is 6.07 Å². The highest BCUT2D eigenvalue weighted by Gasteiger charge is 2.18. The molecule has 0 aliphatic carbocycles. The molecular weight excluding hydrogens is 242 g/mol. The Morgan fingerprint density at radius 1 is 1.22 bits per heavy atom. The van der Waals surface area contributed by atoms with Gasteiger partial charge in [-0.2, -0.15) is 0 Å². The number of carbonyl (C=O) groups is 2. The van der Waals surface area contributed by atoms with E-state index in [9.17, 15) is 18.4 Å². The van der Waals surface area contributed by atoms with Gasteiger partial charge in [0.2, 0.25) is 0 Å². The van der Waals surface area contributed by atoms with Crippen molar-refractivity contribution in [1.82, 2.24) is 0 Å². The molecule has 0 aromatic heterocycles. The molecule has 1 N–H and O–H groups in total. The molecule has 0 radical (unpaired) electrons. The molecule has 0 saturated heterocycles. The molecule has 0 aliphatic rings. The minimum Gasteiger partial charge on any atom is -0.481 e. The summed E-state index contributed by atoms with van der Waals surface area (Å²) in [7, 11) is 0. The van der Waals surface area contributed by atoms with Crippen LogP contribution < -0.4 is 0 Å². The number of carboxylic acid groups (broad SMARTS) is 1. The Morgan fingerprint density at radius 3 is 2.39 bits per heavy atom. The zero-order valence-electron chi connectivity index (χ0n) is 10.2. The first-order valence-corrected chi connectivity index (χ1v) is 5.52. The van der Waals surface area contributed by atoms with Crippen LogP contribution >= 0.6 is 0 Å². The molecule has 0 amide bonds. The normalized spacial score (nSPS) is 12.2. The molecule has 0 heterocycles. The third-order valence-corrected chi connectivity index (χ3v) is 2.61. The lowest BCUT2D eigenvalue weighted by Crippen LogP contribution is -2.12. The number of carboxylic acids is 1. The Labute approximate surface area is 103 Å². The zero-order chi connectivity index (χ0) is 13.9. The molecular formula is C13H14F2O3. The van der Waals surface area contributed by atoms with Crippen LogP contribution in [0.5, 0.6) is 0 Å². The molecule has 0 bridgehead atoms. The van der Waals surface area contributed by atoms with E-state index < -0.39 is 23.4 Å². The lowest BCUT2D eigenvalue weighted by molar-refractivity contribution is -0.137. The summed E-state index contributed by atoms with van der Waals surface area (Å²) >= 11 is 0. The fourth-order valence-corrected chi connectivity index (χ4v) is 1.67. The van der Waals surface area contributed by atoms with E-state index in [4.69, 9.17) is 5.11 Å². The summed E-state index contributed by atoms with van der Waals surface area (Å²) in [5.41, 5.74) is -0.00298. The standard InChI is InChI=1S/C13H14F2O3/c1-7(4-13(17)18)3-12(16)9-5-8(2)10(14)6-11(9)15/h5-7H,3-4H2,1-2H3,(H,17,18). The Bertz CT molecular complexity index is 483.